The molecule has 0 saturated heterocycles. The zero-order chi connectivity index (χ0) is 18.2. The molecule has 2 aromatic heterocycles. The first-order valence-electron chi connectivity index (χ1n) is 8.45. The largest absolute Gasteiger partial charge is 0.474 e. The lowest BCUT2D eigenvalue weighted by Crippen LogP contribution is -2.24. The lowest BCUT2D eigenvalue weighted by atomic mass is 10.1. The van der Waals surface area contributed by atoms with Gasteiger partial charge in [-0.25, -0.2) is 13.9 Å². The molecule has 8 heteroatoms. The number of carbonyl (C=O) groups is 1. The van der Waals surface area contributed by atoms with Crippen LogP contribution in [0.15, 0.2) is 12.4 Å². The highest BCUT2D eigenvalue weighted by Crippen LogP contribution is 2.34. The minimum atomic E-state index is -1.39. The first-order chi connectivity index (χ1) is 11.8. The van der Waals surface area contributed by atoms with Crippen molar-refractivity contribution in [3.63, 3.8) is 0 Å². The Balaban J connectivity index is 2.02. The monoisotopic (exact) mass is 350 g/mol. The fraction of sp³-hybridized carbons (Fsp3) is 0.588. The second-order valence-corrected chi connectivity index (χ2v) is 6.83. The van der Waals surface area contributed by atoms with Crippen LogP contribution in [0.2, 0.25) is 0 Å². The Kier molecular flexibility index (Phi) is 4.53. The quantitative estimate of drug-likeness (QED) is 0.776. The molecule has 0 N–H and O–H groups in total. The van der Waals surface area contributed by atoms with Gasteiger partial charge < -0.3 is 9.47 Å². The van der Waals surface area contributed by atoms with Crippen molar-refractivity contribution in [3.05, 3.63) is 18.0 Å². The molecule has 25 heavy (non-hydrogen) atoms. The maximum absolute atomic E-state index is 13.8. The summed E-state index contributed by atoms with van der Waals surface area (Å²) in [6.45, 7) is 7.71. The van der Waals surface area contributed by atoms with E-state index < -0.39 is 11.6 Å². The van der Waals surface area contributed by atoms with Crippen LogP contribution in [0.25, 0.3) is 11.3 Å². The number of rotatable bonds is 5. The standard InChI is InChI=1S/C17H23FN4O3/c1-5-24-16(23)13-14(20-22-7-6-11(2)25-15(13)22)12-8-19-21(9-12)10-17(3,4)18/h8-9,11H,5-7,10H2,1-4H3/t11-/m0/s1. The molecule has 3 heterocycles. The molecule has 136 valence electrons. The number of nitrogens with zero attached hydrogens (tertiary/aromatic N) is 4. The SMILES string of the molecule is CCOC(=O)c1c(-c2cnn(CC(C)(C)F)c2)nn2c1O[C@@H](C)CC2. The van der Waals surface area contributed by atoms with E-state index in [1.807, 2.05) is 6.92 Å². The maximum Gasteiger partial charge on any atom is 0.345 e. The zero-order valence-electron chi connectivity index (χ0n) is 15.0. The highest BCUT2D eigenvalue weighted by Gasteiger charge is 2.31. The summed E-state index contributed by atoms with van der Waals surface area (Å²) in [6.07, 6.45) is 4.07. The number of aryl methyl sites for hydroxylation is 1. The van der Waals surface area contributed by atoms with Crippen molar-refractivity contribution in [2.45, 2.75) is 59.0 Å². The van der Waals surface area contributed by atoms with Gasteiger partial charge in [-0.2, -0.15) is 10.2 Å². The second-order valence-electron chi connectivity index (χ2n) is 6.83. The molecule has 0 spiro atoms. The summed E-state index contributed by atoms with van der Waals surface area (Å²) in [5.74, 6) is -0.0582. The predicted octanol–water partition coefficient (Wildman–Crippen LogP) is 2.84. The number of carbonyl (C=O) groups excluding carboxylic acids is 1. The summed E-state index contributed by atoms with van der Waals surface area (Å²) in [7, 11) is 0. The Morgan fingerprint density at radius 2 is 2.28 bits per heavy atom. The molecular weight excluding hydrogens is 327 g/mol. The van der Waals surface area contributed by atoms with Crippen molar-refractivity contribution in [3.8, 4) is 17.1 Å². The van der Waals surface area contributed by atoms with E-state index in [-0.39, 0.29) is 19.3 Å². The zero-order valence-corrected chi connectivity index (χ0v) is 15.0. The van der Waals surface area contributed by atoms with Crippen LogP contribution in [0, 0.1) is 0 Å². The number of halogens is 1. The van der Waals surface area contributed by atoms with Gasteiger partial charge in [-0.15, -0.1) is 0 Å². The Morgan fingerprint density at radius 1 is 1.52 bits per heavy atom. The van der Waals surface area contributed by atoms with Crippen molar-refractivity contribution < 1.29 is 18.7 Å². The van der Waals surface area contributed by atoms with Crippen LogP contribution < -0.4 is 4.74 Å². The highest BCUT2D eigenvalue weighted by atomic mass is 19.1. The minimum Gasteiger partial charge on any atom is -0.474 e. The molecule has 0 bridgehead atoms. The van der Waals surface area contributed by atoms with Gasteiger partial charge in [-0.05, 0) is 27.7 Å². The Bertz CT molecular complexity index is 775. The number of alkyl halides is 1. The number of fused-ring (bicyclic) bond motifs is 1. The molecule has 0 unspecified atom stereocenters. The van der Waals surface area contributed by atoms with Gasteiger partial charge in [0.05, 0.1) is 25.5 Å². The fourth-order valence-electron chi connectivity index (χ4n) is 2.82. The number of hydrogen-bond donors (Lipinski definition) is 0. The van der Waals surface area contributed by atoms with Crippen LogP contribution in [0.5, 0.6) is 5.88 Å². The van der Waals surface area contributed by atoms with Gasteiger partial charge in [-0.1, -0.05) is 0 Å². The van der Waals surface area contributed by atoms with Crippen LogP contribution in [0.4, 0.5) is 4.39 Å². The van der Waals surface area contributed by atoms with Gasteiger partial charge in [0.2, 0.25) is 5.88 Å². The lowest BCUT2D eigenvalue weighted by Gasteiger charge is -2.21. The van der Waals surface area contributed by atoms with E-state index in [2.05, 4.69) is 10.2 Å². The number of ether oxygens (including phenoxy) is 2. The third-order valence-electron chi connectivity index (χ3n) is 3.89. The number of esters is 1. The van der Waals surface area contributed by atoms with Crippen LogP contribution in [0.1, 0.15) is 44.5 Å². The molecule has 3 rings (SSSR count). The first kappa shape index (κ1) is 17.4. The van der Waals surface area contributed by atoms with Gasteiger partial charge in [0.1, 0.15) is 16.9 Å². The molecule has 0 fully saturated rings. The molecule has 0 aromatic carbocycles. The predicted molar refractivity (Wildman–Crippen MR) is 89.3 cm³/mol. The Hall–Kier alpha value is -2.38. The lowest BCUT2D eigenvalue weighted by molar-refractivity contribution is 0.0515. The van der Waals surface area contributed by atoms with Crippen molar-refractivity contribution >= 4 is 5.97 Å². The van der Waals surface area contributed by atoms with Gasteiger partial charge in [-0.3, -0.25) is 4.68 Å². The molecular formula is C17H23FN4O3. The van der Waals surface area contributed by atoms with E-state index in [1.54, 1.807) is 24.0 Å². The molecule has 0 radical (unpaired) electrons. The van der Waals surface area contributed by atoms with Crippen LogP contribution in [-0.4, -0.2) is 43.9 Å². The van der Waals surface area contributed by atoms with Crippen molar-refractivity contribution in [2.75, 3.05) is 6.61 Å². The molecule has 1 atom stereocenters. The van der Waals surface area contributed by atoms with Crippen molar-refractivity contribution in [2.24, 2.45) is 0 Å². The summed E-state index contributed by atoms with van der Waals surface area (Å²) in [4.78, 5) is 12.5. The molecule has 7 nitrogen and oxygen atoms in total. The van der Waals surface area contributed by atoms with Gasteiger partial charge in [0.15, 0.2) is 0 Å². The fourth-order valence-corrected chi connectivity index (χ4v) is 2.82. The molecule has 0 aliphatic carbocycles. The maximum atomic E-state index is 13.8. The average Bonchev–Trinajstić information content (AvgIpc) is 3.09. The molecule has 0 amide bonds. The van der Waals surface area contributed by atoms with Gasteiger partial charge in [0, 0.05) is 24.7 Å². The van der Waals surface area contributed by atoms with Crippen LogP contribution in [-0.2, 0) is 17.8 Å². The van der Waals surface area contributed by atoms with Crippen LogP contribution in [0.3, 0.4) is 0 Å². The van der Waals surface area contributed by atoms with Crippen molar-refractivity contribution in [1.82, 2.24) is 19.6 Å². The highest BCUT2D eigenvalue weighted by molar-refractivity contribution is 5.98. The topological polar surface area (TPSA) is 71.2 Å². The number of aromatic nitrogens is 4. The third kappa shape index (κ3) is 3.67. The van der Waals surface area contributed by atoms with E-state index in [0.29, 0.717) is 29.2 Å². The summed E-state index contributed by atoms with van der Waals surface area (Å²) in [5.41, 5.74) is -0.0115. The van der Waals surface area contributed by atoms with Gasteiger partial charge in [0.25, 0.3) is 0 Å². The molecule has 1 aliphatic rings. The normalized spacial score (nSPS) is 17.1. The van der Waals surface area contributed by atoms with Crippen LogP contribution >= 0.6 is 0 Å². The Labute approximate surface area is 145 Å². The third-order valence-corrected chi connectivity index (χ3v) is 3.89. The first-order valence-corrected chi connectivity index (χ1v) is 8.45. The summed E-state index contributed by atoms with van der Waals surface area (Å²) in [6, 6.07) is 0. The summed E-state index contributed by atoms with van der Waals surface area (Å²) in [5, 5.41) is 8.69. The second kappa shape index (κ2) is 6.50. The van der Waals surface area contributed by atoms with E-state index in [4.69, 9.17) is 9.47 Å². The minimum absolute atomic E-state index is 0.000265. The van der Waals surface area contributed by atoms with Gasteiger partial charge >= 0.3 is 5.97 Å². The molecule has 2 aromatic rings. The average molecular weight is 350 g/mol. The summed E-state index contributed by atoms with van der Waals surface area (Å²) >= 11 is 0. The molecule has 1 aliphatic heterocycles. The van der Waals surface area contributed by atoms with Crippen molar-refractivity contribution in [1.29, 1.82) is 0 Å². The van der Waals surface area contributed by atoms with E-state index in [0.717, 1.165) is 6.42 Å². The molecule has 0 saturated carbocycles. The number of hydrogen-bond acceptors (Lipinski definition) is 5. The van der Waals surface area contributed by atoms with E-state index in [1.165, 1.54) is 18.5 Å². The van der Waals surface area contributed by atoms with E-state index >= 15 is 0 Å². The Morgan fingerprint density at radius 3 is 2.96 bits per heavy atom. The smallest absolute Gasteiger partial charge is 0.345 e. The van der Waals surface area contributed by atoms with E-state index in [9.17, 15) is 9.18 Å². The summed E-state index contributed by atoms with van der Waals surface area (Å²) < 4.78 is 28.0.